The maximum atomic E-state index is 12.8. The molecule has 0 spiro atoms. The van der Waals surface area contributed by atoms with Crippen LogP contribution >= 0.6 is 0 Å². The van der Waals surface area contributed by atoms with Gasteiger partial charge in [-0.05, 0) is 53.9 Å². The second-order valence-corrected chi connectivity index (χ2v) is 12.5. The van der Waals surface area contributed by atoms with Crippen LogP contribution in [0.4, 0.5) is 22.7 Å². The highest BCUT2D eigenvalue weighted by Crippen LogP contribution is 2.45. The van der Waals surface area contributed by atoms with Gasteiger partial charge in [-0.3, -0.25) is 18.5 Å². The number of nitrogen functional groups attached to an aromatic ring is 1. The van der Waals surface area contributed by atoms with Crippen molar-refractivity contribution in [2.75, 3.05) is 11.1 Å². The summed E-state index contributed by atoms with van der Waals surface area (Å²) in [6.45, 7) is 0. The van der Waals surface area contributed by atoms with Gasteiger partial charge < -0.3 is 16.2 Å². The van der Waals surface area contributed by atoms with Crippen molar-refractivity contribution in [3.63, 3.8) is 0 Å². The van der Waals surface area contributed by atoms with E-state index in [2.05, 4.69) is 15.5 Å². The maximum Gasteiger partial charge on any atom is 0.296 e. The average molecular weight is 623 g/mol. The van der Waals surface area contributed by atoms with Gasteiger partial charge in [-0.25, -0.2) is 0 Å². The van der Waals surface area contributed by atoms with E-state index in [1.54, 1.807) is 6.07 Å². The van der Waals surface area contributed by atoms with Gasteiger partial charge in [0.2, 0.25) is 0 Å². The van der Waals surface area contributed by atoms with E-state index in [1.807, 2.05) is 0 Å². The van der Waals surface area contributed by atoms with Crippen LogP contribution in [0, 0.1) is 0 Å². The lowest BCUT2D eigenvalue weighted by Crippen LogP contribution is -2.13. The molecule has 0 bridgehead atoms. The summed E-state index contributed by atoms with van der Waals surface area (Å²) in [5, 5.41) is 19.9. The van der Waals surface area contributed by atoms with Gasteiger partial charge in [0.15, 0.2) is 5.75 Å². The number of amides is 1. The van der Waals surface area contributed by atoms with Crippen LogP contribution in [0.1, 0.15) is 10.4 Å². The van der Waals surface area contributed by atoms with Crippen LogP contribution in [0.5, 0.6) is 5.75 Å². The van der Waals surface area contributed by atoms with Crippen molar-refractivity contribution in [2.45, 2.75) is 14.7 Å². The molecule has 0 heterocycles. The van der Waals surface area contributed by atoms with Crippen LogP contribution in [0.25, 0.3) is 10.8 Å². The van der Waals surface area contributed by atoms with Crippen LogP contribution in [0.15, 0.2) is 91.6 Å². The summed E-state index contributed by atoms with van der Waals surface area (Å²) < 4.78 is 101. The molecule has 0 saturated carbocycles. The number of rotatable bonds is 7. The molecule has 7 N–H and O–H groups in total. The Hall–Kier alpha value is -4.46. The molecule has 4 aromatic carbocycles. The van der Waals surface area contributed by atoms with Gasteiger partial charge >= 0.3 is 0 Å². The van der Waals surface area contributed by atoms with Crippen LogP contribution in [0.3, 0.4) is 0 Å². The van der Waals surface area contributed by atoms with Crippen molar-refractivity contribution < 1.29 is 48.8 Å². The Kier molecular flexibility index (Phi) is 7.56. The number of phenolic OH excluding ortho intramolecular Hbond substituents is 1. The van der Waals surface area contributed by atoms with Gasteiger partial charge in [-0.15, -0.1) is 10.2 Å². The lowest BCUT2D eigenvalue weighted by atomic mass is 10.1. The van der Waals surface area contributed by atoms with Gasteiger partial charge in [-0.2, -0.15) is 25.3 Å². The Bertz CT molecular complexity index is 2080. The maximum absolute atomic E-state index is 12.8. The molecule has 0 unspecified atom stereocenters. The minimum atomic E-state index is -5.23. The number of fused-ring (bicyclic) bond motifs is 1. The number of hydrogen-bond donors (Lipinski definition) is 6. The van der Waals surface area contributed by atoms with Gasteiger partial charge in [0.1, 0.15) is 21.2 Å². The first-order valence-corrected chi connectivity index (χ1v) is 15.2. The number of carbonyl (C=O) groups is 1. The highest BCUT2D eigenvalue weighted by Gasteiger charge is 2.26. The molecule has 4 rings (SSSR count). The fraction of sp³-hybridized carbons (Fsp3) is 0. The van der Waals surface area contributed by atoms with E-state index in [0.717, 1.165) is 30.3 Å². The standard InChI is InChI=1S/C23H18N4O11S3/c24-14-6-7-18(40(33,34)35)16(10-14)26-27-21-19(41(36,37)38)9-13-8-15(39(30,31)32)11-17(20(13)22(21)28)25-23(29)12-4-2-1-3-5-12/h1-11,28H,24H2,(H,25,29)(H,30,31,32)(H,33,34,35)(H,36,37,38)/b27-26+. The van der Waals surface area contributed by atoms with Gasteiger partial charge in [0.25, 0.3) is 36.3 Å². The van der Waals surface area contributed by atoms with Crippen molar-refractivity contribution in [3.8, 4) is 5.75 Å². The van der Waals surface area contributed by atoms with E-state index in [0.29, 0.717) is 6.07 Å². The van der Waals surface area contributed by atoms with Crippen molar-refractivity contribution in [1.29, 1.82) is 0 Å². The molecule has 1 amide bonds. The molecule has 41 heavy (non-hydrogen) atoms. The number of phenols is 1. The summed E-state index contributed by atoms with van der Waals surface area (Å²) in [6.07, 6.45) is 0. The first-order valence-electron chi connectivity index (χ1n) is 10.9. The largest absolute Gasteiger partial charge is 0.505 e. The van der Waals surface area contributed by atoms with E-state index >= 15 is 0 Å². The molecule has 0 fully saturated rings. The third-order valence-corrected chi connectivity index (χ3v) is 8.10. The van der Waals surface area contributed by atoms with Crippen LogP contribution in [0.2, 0.25) is 0 Å². The number of carbonyl (C=O) groups excluding carboxylic acids is 1. The number of nitrogens with one attached hydrogen (secondary N) is 1. The Balaban J connectivity index is 2.04. The van der Waals surface area contributed by atoms with Crippen molar-refractivity contribution in [3.05, 3.63) is 72.3 Å². The van der Waals surface area contributed by atoms with E-state index in [-0.39, 0.29) is 11.3 Å². The molecule has 18 heteroatoms. The minimum absolute atomic E-state index is 0.0345. The van der Waals surface area contributed by atoms with Gasteiger partial charge in [0.05, 0.1) is 10.6 Å². The van der Waals surface area contributed by atoms with Crippen molar-refractivity contribution >= 4 is 69.8 Å². The van der Waals surface area contributed by atoms with Gasteiger partial charge in [-0.1, -0.05) is 18.2 Å². The SMILES string of the molecule is Nc1ccc(S(=O)(=O)O)c(/N=N/c2c(S(=O)(=O)O)cc3cc(S(=O)(=O)O)cc(NC(=O)c4ccccc4)c3c2O)c1. The summed E-state index contributed by atoms with van der Waals surface area (Å²) in [5.74, 6) is -1.85. The van der Waals surface area contributed by atoms with E-state index in [1.165, 1.54) is 24.3 Å². The average Bonchev–Trinajstić information content (AvgIpc) is 2.86. The molecule has 214 valence electrons. The third-order valence-electron chi connectivity index (χ3n) is 5.50. The fourth-order valence-electron chi connectivity index (χ4n) is 3.72. The van der Waals surface area contributed by atoms with Crippen molar-refractivity contribution in [2.24, 2.45) is 10.2 Å². The molecular weight excluding hydrogens is 604 g/mol. The smallest absolute Gasteiger partial charge is 0.296 e. The van der Waals surface area contributed by atoms with Gasteiger partial charge in [0, 0.05) is 16.6 Å². The number of anilines is 2. The second kappa shape index (κ2) is 10.5. The Labute approximate surface area is 232 Å². The molecule has 0 aromatic heterocycles. The van der Waals surface area contributed by atoms with E-state index < -0.39 is 84.5 Å². The first-order chi connectivity index (χ1) is 19.0. The fourth-order valence-corrected chi connectivity index (χ4v) is 5.52. The minimum Gasteiger partial charge on any atom is -0.505 e. The van der Waals surface area contributed by atoms with Crippen molar-refractivity contribution in [1.82, 2.24) is 0 Å². The predicted octanol–water partition coefficient (Wildman–Crippen LogP) is 3.54. The zero-order valence-corrected chi connectivity index (χ0v) is 22.6. The lowest BCUT2D eigenvalue weighted by molar-refractivity contribution is 0.102. The van der Waals surface area contributed by atoms with E-state index in [4.69, 9.17) is 5.73 Å². The Morgan fingerprint density at radius 1 is 0.756 bits per heavy atom. The third kappa shape index (κ3) is 6.32. The lowest BCUT2D eigenvalue weighted by Gasteiger charge is -2.15. The molecule has 4 aromatic rings. The number of nitrogens with zero attached hydrogens (tertiary/aromatic N) is 2. The molecule has 0 aliphatic rings. The number of benzene rings is 4. The summed E-state index contributed by atoms with van der Waals surface area (Å²) >= 11 is 0. The zero-order chi connectivity index (χ0) is 30.3. The topological polar surface area (TPSA) is 263 Å². The molecular formula is C23H18N4O11S3. The predicted molar refractivity (Wildman–Crippen MR) is 144 cm³/mol. The number of aromatic hydroxyl groups is 1. The van der Waals surface area contributed by atoms with Crippen LogP contribution < -0.4 is 11.1 Å². The molecule has 0 atom stereocenters. The molecule has 0 saturated heterocycles. The monoisotopic (exact) mass is 622 g/mol. The summed E-state index contributed by atoms with van der Waals surface area (Å²) in [7, 11) is -15.0. The Morgan fingerprint density at radius 3 is 1.98 bits per heavy atom. The highest BCUT2D eigenvalue weighted by molar-refractivity contribution is 7.86. The summed E-state index contributed by atoms with van der Waals surface area (Å²) in [5.41, 5.74) is 3.74. The molecule has 0 aliphatic carbocycles. The highest BCUT2D eigenvalue weighted by atomic mass is 32.2. The molecule has 0 radical (unpaired) electrons. The zero-order valence-electron chi connectivity index (χ0n) is 20.2. The number of nitrogens with two attached hydrogens (primary N) is 1. The van der Waals surface area contributed by atoms with Crippen LogP contribution in [-0.4, -0.2) is 49.9 Å². The Morgan fingerprint density at radius 2 is 1.39 bits per heavy atom. The second-order valence-electron chi connectivity index (χ2n) is 8.31. The quantitative estimate of drug-likeness (QED) is 0.0982. The number of hydrogen-bond acceptors (Lipinski definition) is 11. The first kappa shape index (κ1) is 29.5. The number of azo groups is 1. The van der Waals surface area contributed by atoms with E-state index in [9.17, 15) is 48.8 Å². The molecule has 0 aliphatic heterocycles. The van der Waals surface area contributed by atoms with Crippen LogP contribution in [-0.2, 0) is 30.4 Å². The normalized spacial score (nSPS) is 12.6. The summed E-state index contributed by atoms with van der Waals surface area (Å²) in [4.78, 5) is 10.1. The molecule has 15 nitrogen and oxygen atoms in total. The summed E-state index contributed by atoms with van der Waals surface area (Å²) in [6, 6.07) is 12.7.